The Labute approximate surface area is 210 Å². The fraction of sp³-hybridized carbons (Fsp3) is 0.250. The van der Waals surface area contributed by atoms with Gasteiger partial charge in [-0.1, -0.05) is 42.3 Å². The number of hydrazine groups is 1. The zero-order valence-electron chi connectivity index (χ0n) is 18.4. The average Bonchev–Trinajstić information content (AvgIpc) is 3.09. The van der Waals surface area contributed by atoms with Crippen LogP contribution in [0, 0.1) is 27.9 Å². The Bertz CT molecular complexity index is 1280. The van der Waals surface area contributed by atoms with Gasteiger partial charge in [-0.15, -0.1) is 0 Å². The summed E-state index contributed by atoms with van der Waals surface area (Å²) in [6, 6.07) is 8.88. The second-order valence-corrected chi connectivity index (χ2v) is 9.18. The third-order valence-electron chi connectivity index (χ3n) is 6.19. The highest BCUT2D eigenvalue weighted by Crippen LogP contribution is 2.39. The molecule has 1 saturated heterocycles. The minimum atomic E-state index is -0.792. The van der Waals surface area contributed by atoms with Gasteiger partial charge in [0.2, 0.25) is 0 Å². The predicted octanol–water partition coefficient (Wildman–Crippen LogP) is 4.34. The van der Waals surface area contributed by atoms with Crippen molar-refractivity contribution >= 4 is 52.4 Å². The Hall–Kier alpha value is -3.56. The molecule has 0 saturated carbocycles. The van der Waals surface area contributed by atoms with Crippen LogP contribution < -0.4 is 0 Å². The first-order valence-electron chi connectivity index (χ1n) is 10.7. The maximum Gasteiger partial charge on any atom is 0.273 e. The molecule has 1 heterocycles. The van der Waals surface area contributed by atoms with Crippen molar-refractivity contribution in [2.75, 3.05) is 6.54 Å². The molecule has 1 aliphatic carbocycles. The molecular weight excluding hydrogens is 497 g/mol. The summed E-state index contributed by atoms with van der Waals surface area (Å²) in [6.45, 7) is 1.17. The van der Waals surface area contributed by atoms with Crippen molar-refractivity contribution in [3.63, 3.8) is 0 Å². The number of Topliss-reactive ketones (excluding diaryl/α,β-unsaturated/α-hetero) is 1. The second kappa shape index (κ2) is 9.59. The van der Waals surface area contributed by atoms with E-state index in [1.54, 1.807) is 0 Å². The Morgan fingerprint density at radius 1 is 1.06 bits per heavy atom. The van der Waals surface area contributed by atoms with Crippen LogP contribution in [0.15, 0.2) is 54.6 Å². The molecule has 3 amide bonds. The smallest absolute Gasteiger partial charge is 0.273 e. The molecule has 9 nitrogen and oxygen atoms in total. The van der Waals surface area contributed by atoms with Gasteiger partial charge in [0.05, 0.1) is 26.8 Å². The summed E-state index contributed by atoms with van der Waals surface area (Å²) >= 11 is 12.0. The molecule has 1 fully saturated rings. The van der Waals surface area contributed by atoms with Crippen LogP contribution in [-0.2, 0) is 9.59 Å². The predicted molar refractivity (Wildman–Crippen MR) is 127 cm³/mol. The van der Waals surface area contributed by atoms with Crippen LogP contribution in [-0.4, -0.2) is 45.0 Å². The van der Waals surface area contributed by atoms with E-state index in [1.165, 1.54) is 30.3 Å². The maximum atomic E-state index is 13.5. The third-order valence-corrected chi connectivity index (χ3v) is 6.92. The van der Waals surface area contributed by atoms with Gasteiger partial charge >= 0.3 is 0 Å². The molecule has 35 heavy (non-hydrogen) atoms. The lowest BCUT2D eigenvalue weighted by Crippen LogP contribution is -2.52. The van der Waals surface area contributed by atoms with E-state index in [-0.39, 0.29) is 32.8 Å². The minimum Gasteiger partial charge on any atom is -0.292 e. The molecule has 0 aromatic heterocycles. The number of non-ortho nitro benzene ring substituents is 1. The molecule has 180 valence electrons. The van der Waals surface area contributed by atoms with Crippen LogP contribution in [0.25, 0.3) is 0 Å². The summed E-state index contributed by atoms with van der Waals surface area (Å²) in [5.41, 5.74) is -0.104. The van der Waals surface area contributed by atoms with Crippen molar-refractivity contribution < 1.29 is 24.1 Å². The Kier molecular flexibility index (Phi) is 6.73. The molecule has 0 radical (unpaired) electrons. The van der Waals surface area contributed by atoms with Crippen LogP contribution in [0.2, 0.25) is 10.0 Å². The molecule has 3 atom stereocenters. The van der Waals surface area contributed by atoms with Gasteiger partial charge in [0, 0.05) is 23.3 Å². The van der Waals surface area contributed by atoms with Crippen molar-refractivity contribution in [2.24, 2.45) is 17.8 Å². The van der Waals surface area contributed by atoms with Crippen molar-refractivity contribution in [1.29, 1.82) is 0 Å². The number of ketones is 1. The first-order chi connectivity index (χ1) is 16.6. The number of hydrogen-bond acceptors (Lipinski definition) is 6. The molecule has 0 spiro atoms. The van der Waals surface area contributed by atoms with Gasteiger partial charge in [-0.2, -0.15) is 5.01 Å². The lowest BCUT2D eigenvalue weighted by Gasteiger charge is -2.30. The van der Waals surface area contributed by atoms with E-state index in [1.807, 2.05) is 19.1 Å². The largest absolute Gasteiger partial charge is 0.292 e. The van der Waals surface area contributed by atoms with Gasteiger partial charge in [0.25, 0.3) is 23.4 Å². The number of benzene rings is 2. The number of imide groups is 1. The van der Waals surface area contributed by atoms with Gasteiger partial charge in [-0.25, -0.2) is 5.01 Å². The van der Waals surface area contributed by atoms with E-state index in [0.717, 1.165) is 22.2 Å². The zero-order chi connectivity index (χ0) is 25.4. The van der Waals surface area contributed by atoms with Gasteiger partial charge in [-0.05, 0) is 42.7 Å². The summed E-state index contributed by atoms with van der Waals surface area (Å²) in [7, 11) is 0. The van der Waals surface area contributed by atoms with Gasteiger partial charge < -0.3 is 0 Å². The summed E-state index contributed by atoms with van der Waals surface area (Å²) in [4.78, 5) is 63.5. The molecule has 0 bridgehead atoms. The fourth-order valence-corrected chi connectivity index (χ4v) is 4.67. The van der Waals surface area contributed by atoms with Crippen molar-refractivity contribution in [3.8, 4) is 0 Å². The quantitative estimate of drug-likeness (QED) is 0.185. The van der Waals surface area contributed by atoms with E-state index >= 15 is 0 Å². The summed E-state index contributed by atoms with van der Waals surface area (Å²) in [5.74, 6) is -4.05. The van der Waals surface area contributed by atoms with Crippen molar-refractivity contribution in [1.82, 2.24) is 10.0 Å². The Morgan fingerprint density at radius 2 is 1.71 bits per heavy atom. The Balaban J connectivity index is 1.71. The number of nitro groups is 1. The minimum absolute atomic E-state index is 0.0255. The summed E-state index contributed by atoms with van der Waals surface area (Å²) < 4.78 is 0. The van der Waals surface area contributed by atoms with Crippen LogP contribution >= 0.6 is 23.2 Å². The Morgan fingerprint density at radius 3 is 2.31 bits per heavy atom. The molecule has 2 aromatic carbocycles. The lowest BCUT2D eigenvalue weighted by molar-refractivity contribution is -0.384. The number of nitrogens with zero attached hydrogens (tertiary/aromatic N) is 3. The number of amides is 3. The number of hydrogen-bond donors (Lipinski definition) is 0. The molecule has 2 aliphatic rings. The van der Waals surface area contributed by atoms with Crippen molar-refractivity contribution in [3.05, 3.63) is 85.9 Å². The van der Waals surface area contributed by atoms with E-state index in [0.29, 0.717) is 6.42 Å². The third kappa shape index (κ3) is 4.56. The van der Waals surface area contributed by atoms with Crippen LogP contribution in [0.3, 0.4) is 0 Å². The molecule has 4 rings (SSSR count). The standard InChI is InChI=1S/C24H19Cl2N3O6/c1-13-3-2-4-17-21(13)24(33)28(23(17)32)27(22(31)15-7-10-18(25)19(26)11-15)12-20(30)14-5-8-16(9-6-14)29(34)35/h2-3,5-11,13,17,21H,4,12H2,1H3/t13-,17-,21-/m1/s1. The lowest BCUT2D eigenvalue weighted by atomic mass is 9.78. The molecule has 1 aliphatic heterocycles. The number of fused-ring (bicyclic) bond motifs is 1. The second-order valence-electron chi connectivity index (χ2n) is 8.36. The van der Waals surface area contributed by atoms with Crippen LogP contribution in [0.5, 0.6) is 0 Å². The summed E-state index contributed by atoms with van der Waals surface area (Å²) in [6.07, 6.45) is 4.03. The highest BCUT2D eigenvalue weighted by Gasteiger charge is 2.53. The van der Waals surface area contributed by atoms with Crippen molar-refractivity contribution in [2.45, 2.75) is 13.3 Å². The van der Waals surface area contributed by atoms with Crippen LogP contribution in [0.1, 0.15) is 34.1 Å². The number of halogens is 2. The monoisotopic (exact) mass is 515 g/mol. The first kappa shape index (κ1) is 24.6. The van der Waals surface area contributed by atoms with E-state index in [9.17, 15) is 29.3 Å². The van der Waals surface area contributed by atoms with Crippen LogP contribution in [0.4, 0.5) is 5.69 Å². The average molecular weight is 516 g/mol. The van der Waals surface area contributed by atoms with Gasteiger partial charge in [-0.3, -0.25) is 29.3 Å². The number of carbonyl (C=O) groups excluding carboxylic acids is 4. The number of carbonyl (C=O) groups is 4. The number of nitro benzene ring substituents is 1. The zero-order valence-corrected chi connectivity index (χ0v) is 19.9. The number of allylic oxidation sites excluding steroid dienone is 2. The first-order valence-corrected chi connectivity index (χ1v) is 11.4. The summed E-state index contributed by atoms with van der Waals surface area (Å²) in [5, 5.41) is 12.8. The maximum absolute atomic E-state index is 13.5. The molecule has 2 aromatic rings. The SMILES string of the molecule is C[C@@H]1C=CC[C@H]2C(=O)N(N(CC(=O)c3ccc([N+](=O)[O-])cc3)C(=O)c3ccc(Cl)c(Cl)c3)C(=O)[C@H]12. The van der Waals surface area contributed by atoms with E-state index in [2.05, 4.69) is 0 Å². The van der Waals surface area contributed by atoms with E-state index in [4.69, 9.17) is 23.2 Å². The molecule has 11 heteroatoms. The molecular formula is C24H19Cl2N3O6. The normalized spacial score (nSPS) is 21.1. The fourth-order valence-electron chi connectivity index (χ4n) is 4.38. The number of rotatable bonds is 6. The van der Waals surface area contributed by atoms with Gasteiger partial charge in [0.1, 0.15) is 6.54 Å². The molecule has 0 N–H and O–H groups in total. The van der Waals surface area contributed by atoms with Gasteiger partial charge in [0.15, 0.2) is 5.78 Å². The highest BCUT2D eigenvalue weighted by atomic mass is 35.5. The van der Waals surface area contributed by atoms with E-state index < -0.39 is 46.8 Å². The topological polar surface area (TPSA) is 118 Å². The molecule has 0 unspecified atom stereocenters. The highest BCUT2D eigenvalue weighted by molar-refractivity contribution is 6.42.